The second kappa shape index (κ2) is 7.47. The van der Waals surface area contributed by atoms with Crippen molar-refractivity contribution >= 4 is 38.7 Å². The molecule has 0 fully saturated rings. The summed E-state index contributed by atoms with van der Waals surface area (Å²) in [7, 11) is -3.14. The van der Waals surface area contributed by atoms with Gasteiger partial charge in [-0.3, -0.25) is 0 Å². The number of rotatable bonds is 7. The van der Waals surface area contributed by atoms with E-state index in [1.54, 1.807) is 13.8 Å². The average Bonchev–Trinajstić information content (AvgIpc) is 2.32. The molecule has 4 nitrogen and oxygen atoms in total. The average molecular weight is 362 g/mol. The van der Waals surface area contributed by atoms with Gasteiger partial charge in [-0.05, 0) is 19.1 Å². The first kappa shape index (κ1) is 18.3. The first-order valence-corrected chi connectivity index (χ1v) is 8.63. The number of alkyl halides is 2. The molecular weight excluding hydrogens is 347 g/mol. The largest absolute Gasteiger partial charge is 0.432 e. The Balaban J connectivity index is 2.86. The van der Waals surface area contributed by atoms with Crippen molar-refractivity contribution in [3.05, 3.63) is 22.2 Å². The second-order valence-electron chi connectivity index (χ2n) is 4.39. The molecule has 1 rings (SSSR count). The maximum atomic E-state index is 12.2. The maximum absolute atomic E-state index is 12.2. The molecule has 0 spiro atoms. The summed E-state index contributed by atoms with van der Waals surface area (Å²) in [6, 6.07) is 2.31. The molecule has 21 heavy (non-hydrogen) atoms. The third-order valence-corrected chi connectivity index (χ3v) is 5.01. The molecule has 0 aliphatic heterocycles. The third-order valence-electron chi connectivity index (χ3n) is 2.56. The van der Waals surface area contributed by atoms with Crippen molar-refractivity contribution in [3.63, 3.8) is 0 Å². The number of ether oxygens (including phenoxy) is 1. The van der Waals surface area contributed by atoms with Gasteiger partial charge in [0.25, 0.3) is 0 Å². The van der Waals surface area contributed by atoms with E-state index >= 15 is 0 Å². The normalized spacial score (nSPS) is 13.3. The fourth-order valence-corrected chi connectivity index (χ4v) is 3.33. The van der Waals surface area contributed by atoms with E-state index in [2.05, 4.69) is 10.1 Å². The summed E-state index contributed by atoms with van der Waals surface area (Å²) in [5.41, 5.74) is 0.422. The van der Waals surface area contributed by atoms with Gasteiger partial charge in [0.15, 0.2) is 15.6 Å². The Hall–Kier alpha value is -0.790. The number of nitrogens with one attached hydrogen (secondary N) is 1. The van der Waals surface area contributed by atoms with Crippen LogP contribution in [-0.4, -0.2) is 32.6 Å². The molecule has 1 unspecified atom stereocenters. The molecule has 0 aliphatic carbocycles. The Kier molecular flexibility index (Phi) is 6.49. The molecule has 9 heteroatoms. The SMILES string of the molecule is CCS(=O)(=O)CC(C)Nc1cc(Cl)c(OC(F)F)c(Cl)c1. The second-order valence-corrected chi connectivity index (χ2v) is 7.60. The van der Waals surface area contributed by atoms with Gasteiger partial charge in [-0.1, -0.05) is 30.1 Å². The Bertz CT molecular complexity index is 573. The van der Waals surface area contributed by atoms with Gasteiger partial charge < -0.3 is 10.1 Å². The molecule has 0 aromatic heterocycles. The van der Waals surface area contributed by atoms with Crippen LogP contribution in [0.1, 0.15) is 13.8 Å². The molecule has 1 aromatic carbocycles. The molecule has 1 aromatic rings. The van der Waals surface area contributed by atoms with Crippen LogP contribution in [0.3, 0.4) is 0 Å². The lowest BCUT2D eigenvalue weighted by atomic mass is 10.2. The van der Waals surface area contributed by atoms with Crippen molar-refractivity contribution < 1.29 is 21.9 Å². The lowest BCUT2D eigenvalue weighted by Gasteiger charge is -2.17. The first-order valence-electron chi connectivity index (χ1n) is 6.05. The zero-order valence-electron chi connectivity index (χ0n) is 11.4. The van der Waals surface area contributed by atoms with E-state index in [9.17, 15) is 17.2 Å². The first-order chi connectivity index (χ1) is 9.64. The molecule has 0 heterocycles. The molecule has 0 bridgehead atoms. The molecule has 0 aliphatic rings. The smallest absolute Gasteiger partial charge is 0.387 e. The number of anilines is 1. The van der Waals surface area contributed by atoms with Crippen LogP contribution in [0.2, 0.25) is 10.0 Å². The number of sulfone groups is 1. The third kappa shape index (κ3) is 5.84. The molecule has 0 radical (unpaired) electrons. The van der Waals surface area contributed by atoms with Crippen molar-refractivity contribution in [1.82, 2.24) is 0 Å². The fraction of sp³-hybridized carbons (Fsp3) is 0.500. The highest BCUT2D eigenvalue weighted by Gasteiger charge is 2.17. The zero-order chi connectivity index (χ0) is 16.2. The summed E-state index contributed by atoms with van der Waals surface area (Å²) in [6.07, 6.45) is 0. The highest BCUT2D eigenvalue weighted by atomic mass is 35.5. The summed E-state index contributed by atoms with van der Waals surface area (Å²) in [6.45, 7) is 0.206. The highest BCUT2D eigenvalue weighted by Crippen LogP contribution is 2.37. The van der Waals surface area contributed by atoms with Gasteiger partial charge in [-0.2, -0.15) is 8.78 Å². The summed E-state index contributed by atoms with van der Waals surface area (Å²) in [5.74, 6) is -0.330. The van der Waals surface area contributed by atoms with Crippen LogP contribution in [0.15, 0.2) is 12.1 Å². The molecule has 0 saturated heterocycles. The molecule has 1 N–H and O–H groups in total. The maximum Gasteiger partial charge on any atom is 0.387 e. The zero-order valence-corrected chi connectivity index (χ0v) is 13.7. The summed E-state index contributed by atoms with van der Waals surface area (Å²) >= 11 is 11.6. The Labute approximate surface area is 132 Å². The lowest BCUT2D eigenvalue weighted by molar-refractivity contribution is -0.0497. The minimum atomic E-state index is -3.14. The summed E-state index contributed by atoms with van der Waals surface area (Å²) in [5, 5.41) is 2.73. The van der Waals surface area contributed by atoms with Crippen LogP contribution < -0.4 is 10.1 Å². The standard InChI is InChI=1S/C12H15Cl2F2NO3S/c1-3-21(18,19)6-7(2)17-8-4-9(13)11(10(14)5-8)20-12(15)16/h4-5,7,12,17H,3,6H2,1-2H3. The quantitative estimate of drug-likeness (QED) is 0.801. The molecule has 0 saturated carbocycles. The number of benzene rings is 1. The highest BCUT2D eigenvalue weighted by molar-refractivity contribution is 7.91. The van der Waals surface area contributed by atoms with Crippen LogP contribution in [0.5, 0.6) is 5.75 Å². The number of hydrogen-bond donors (Lipinski definition) is 1. The molecule has 120 valence electrons. The van der Waals surface area contributed by atoms with Gasteiger partial charge >= 0.3 is 6.61 Å². The van der Waals surface area contributed by atoms with Crippen molar-refractivity contribution in [2.24, 2.45) is 0 Å². The molecule has 1 atom stereocenters. The van der Waals surface area contributed by atoms with Crippen LogP contribution in [-0.2, 0) is 9.84 Å². The molecular formula is C12H15Cl2F2NO3S. The van der Waals surface area contributed by atoms with E-state index < -0.39 is 16.4 Å². The van der Waals surface area contributed by atoms with Crippen LogP contribution in [0.4, 0.5) is 14.5 Å². The summed E-state index contributed by atoms with van der Waals surface area (Å²) < 4.78 is 51.6. The van der Waals surface area contributed by atoms with Gasteiger partial charge in [0, 0.05) is 17.5 Å². The van der Waals surface area contributed by atoms with Gasteiger partial charge in [0.2, 0.25) is 0 Å². The van der Waals surface area contributed by atoms with E-state index in [4.69, 9.17) is 23.2 Å². The van der Waals surface area contributed by atoms with Gasteiger partial charge in [0.1, 0.15) is 0 Å². The Morgan fingerprint density at radius 1 is 1.29 bits per heavy atom. The number of hydrogen-bond acceptors (Lipinski definition) is 4. The fourth-order valence-electron chi connectivity index (χ4n) is 1.67. The molecule has 0 amide bonds. The minimum Gasteiger partial charge on any atom is -0.432 e. The van der Waals surface area contributed by atoms with Crippen molar-refractivity contribution in [2.75, 3.05) is 16.8 Å². The summed E-state index contributed by atoms with van der Waals surface area (Å²) in [4.78, 5) is 0. The number of halogens is 4. The lowest BCUT2D eigenvalue weighted by Crippen LogP contribution is -2.26. The van der Waals surface area contributed by atoms with Gasteiger partial charge in [-0.25, -0.2) is 8.42 Å². The van der Waals surface area contributed by atoms with Crippen LogP contribution >= 0.6 is 23.2 Å². The van der Waals surface area contributed by atoms with Gasteiger partial charge in [-0.15, -0.1) is 0 Å². The van der Waals surface area contributed by atoms with Gasteiger partial charge in [0.05, 0.1) is 15.8 Å². The van der Waals surface area contributed by atoms with Crippen LogP contribution in [0, 0.1) is 0 Å². The van der Waals surface area contributed by atoms with Crippen LogP contribution in [0.25, 0.3) is 0 Å². The monoisotopic (exact) mass is 361 g/mol. The van der Waals surface area contributed by atoms with E-state index in [1.807, 2.05) is 0 Å². The van der Waals surface area contributed by atoms with Crippen molar-refractivity contribution in [1.29, 1.82) is 0 Å². The Morgan fingerprint density at radius 3 is 2.24 bits per heavy atom. The van der Waals surface area contributed by atoms with Crippen molar-refractivity contribution in [2.45, 2.75) is 26.5 Å². The van der Waals surface area contributed by atoms with Crippen molar-refractivity contribution in [3.8, 4) is 5.75 Å². The predicted molar refractivity (Wildman–Crippen MR) is 80.5 cm³/mol. The van der Waals surface area contributed by atoms with E-state index in [0.717, 1.165) is 0 Å². The minimum absolute atomic E-state index is 0.0434. The topological polar surface area (TPSA) is 55.4 Å². The predicted octanol–water partition coefficient (Wildman–Crippen LogP) is 3.83. The van der Waals surface area contributed by atoms with E-state index in [-0.39, 0.29) is 33.3 Å². The Morgan fingerprint density at radius 2 is 1.81 bits per heavy atom. The van der Waals surface area contributed by atoms with E-state index in [0.29, 0.717) is 5.69 Å². The van der Waals surface area contributed by atoms with E-state index in [1.165, 1.54) is 12.1 Å².